The highest BCUT2D eigenvalue weighted by atomic mass is 16.6. The third-order valence-electron chi connectivity index (χ3n) is 2.69. The lowest BCUT2D eigenvalue weighted by atomic mass is 10.2. The van der Waals surface area contributed by atoms with Gasteiger partial charge in [0.1, 0.15) is 0 Å². The van der Waals surface area contributed by atoms with Gasteiger partial charge < -0.3 is 16.4 Å². The molecule has 2 rings (SSSR count). The van der Waals surface area contributed by atoms with Crippen LogP contribution in [0.5, 0.6) is 0 Å². The number of nitrogens with two attached hydrogens (primary N) is 1. The molecule has 0 spiro atoms. The summed E-state index contributed by atoms with van der Waals surface area (Å²) < 4.78 is 4.36. The van der Waals surface area contributed by atoms with Crippen LogP contribution in [0, 0.1) is 0 Å². The predicted octanol–water partition coefficient (Wildman–Crippen LogP) is 0.685. The predicted molar refractivity (Wildman–Crippen MR) is 79.4 cm³/mol. The molecular formula is C14H17N5O2. The van der Waals surface area contributed by atoms with Crippen LogP contribution < -0.4 is 16.4 Å². The maximum Gasteiger partial charge on any atom is 0.277 e. The van der Waals surface area contributed by atoms with Crippen LogP contribution >= 0.6 is 0 Å². The Hall–Kier alpha value is -2.67. The zero-order valence-corrected chi connectivity index (χ0v) is 11.5. The van der Waals surface area contributed by atoms with E-state index in [1.807, 2.05) is 42.5 Å². The van der Waals surface area contributed by atoms with Gasteiger partial charge in [-0.15, -0.1) is 0 Å². The second kappa shape index (κ2) is 7.81. The first kappa shape index (κ1) is 14.7. The van der Waals surface area contributed by atoms with Gasteiger partial charge in [0, 0.05) is 19.6 Å². The van der Waals surface area contributed by atoms with Crippen molar-refractivity contribution >= 4 is 17.8 Å². The fourth-order valence-corrected chi connectivity index (χ4v) is 1.65. The highest BCUT2D eigenvalue weighted by molar-refractivity contribution is 5.95. The molecule has 21 heavy (non-hydrogen) atoms. The zero-order valence-electron chi connectivity index (χ0n) is 11.5. The van der Waals surface area contributed by atoms with Crippen molar-refractivity contribution in [3.05, 3.63) is 47.7 Å². The lowest BCUT2D eigenvalue weighted by Crippen LogP contribution is -2.32. The molecule has 1 amide bonds. The van der Waals surface area contributed by atoms with E-state index in [9.17, 15) is 4.79 Å². The van der Waals surface area contributed by atoms with Crippen molar-refractivity contribution in [2.45, 2.75) is 0 Å². The van der Waals surface area contributed by atoms with Gasteiger partial charge in [0.25, 0.3) is 5.91 Å². The molecule has 2 aromatic rings. The highest BCUT2D eigenvalue weighted by Gasteiger charge is 2.14. The Morgan fingerprint density at radius 3 is 2.76 bits per heavy atom. The molecule has 0 fully saturated rings. The fraction of sp³-hybridized carbons (Fsp3) is 0.214. The minimum absolute atomic E-state index is 0.00810. The number of hydrogen-bond acceptors (Lipinski definition) is 6. The molecule has 0 atom stereocenters. The largest absolute Gasteiger partial charge is 0.379 e. The molecular weight excluding hydrogens is 270 g/mol. The maximum absolute atomic E-state index is 11.6. The van der Waals surface area contributed by atoms with E-state index >= 15 is 0 Å². The Labute approximate surface area is 122 Å². The van der Waals surface area contributed by atoms with Crippen molar-refractivity contribution in [2.24, 2.45) is 0 Å². The minimum atomic E-state index is -0.393. The molecule has 0 aliphatic carbocycles. The smallest absolute Gasteiger partial charge is 0.277 e. The molecule has 7 nitrogen and oxygen atoms in total. The van der Waals surface area contributed by atoms with Gasteiger partial charge in [-0.05, 0) is 15.9 Å². The quantitative estimate of drug-likeness (QED) is 0.647. The monoisotopic (exact) mass is 287 g/mol. The number of hydrogen-bond donors (Lipinski definition) is 3. The first-order valence-corrected chi connectivity index (χ1v) is 6.56. The summed E-state index contributed by atoms with van der Waals surface area (Å²) in [6.07, 6.45) is 4.06. The Balaban J connectivity index is 1.59. The summed E-state index contributed by atoms with van der Waals surface area (Å²) in [6, 6.07) is 10.0. The number of carbonyl (C=O) groups is 1. The molecule has 1 heterocycles. The van der Waals surface area contributed by atoms with E-state index in [2.05, 4.69) is 25.6 Å². The van der Waals surface area contributed by atoms with Crippen molar-refractivity contribution in [1.29, 1.82) is 0 Å². The maximum atomic E-state index is 11.6. The Morgan fingerprint density at radius 1 is 1.24 bits per heavy atom. The number of carbonyl (C=O) groups excluding carboxylic acids is 1. The van der Waals surface area contributed by atoms with Gasteiger partial charge in [-0.2, -0.15) is 0 Å². The van der Waals surface area contributed by atoms with Crippen LogP contribution in [0.1, 0.15) is 16.1 Å². The topological polar surface area (TPSA) is 106 Å². The normalized spacial score (nSPS) is 10.9. The number of benzene rings is 1. The summed E-state index contributed by atoms with van der Waals surface area (Å²) in [5, 5.41) is 12.6. The molecule has 110 valence electrons. The SMILES string of the molecule is Nc1nonc1C(=O)NCCNCC=Cc1ccccc1. The van der Waals surface area contributed by atoms with Gasteiger partial charge >= 0.3 is 0 Å². The van der Waals surface area contributed by atoms with Gasteiger partial charge in [-0.25, -0.2) is 4.63 Å². The molecule has 0 saturated heterocycles. The zero-order chi connectivity index (χ0) is 14.9. The van der Waals surface area contributed by atoms with Crippen LogP contribution in [0.2, 0.25) is 0 Å². The number of nitrogens with zero attached hydrogens (tertiary/aromatic N) is 2. The minimum Gasteiger partial charge on any atom is -0.379 e. The van der Waals surface area contributed by atoms with Crippen LogP contribution in [0.25, 0.3) is 6.08 Å². The molecule has 0 aliphatic heterocycles. The van der Waals surface area contributed by atoms with Crippen LogP contribution in [0.4, 0.5) is 5.82 Å². The van der Waals surface area contributed by atoms with E-state index in [1.165, 1.54) is 0 Å². The summed E-state index contributed by atoms with van der Waals surface area (Å²) in [6.45, 7) is 1.82. The summed E-state index contributed by atoms with van der Waals surface area (Å²) >= 11 is 0. The second-order valence-electron chi connectivity index (χ2n) is 4.27. The average Bonchev–Trinajstić information content (AvgIpc) is 2.93. The number of nitrogen functional groups attached to an aromatic ring is 1. The number of aromatic nitrogens is 2. The second-order valence-corrected chi connectivity index (χ2v) is 4.27. The van der Waals surface area contributed by atoms with Crippen molar-refractivity contribution in [2.75, 3.05) is 25.4 Å². The standard InChI is InChI=1S/C14H17N5O2/c15-13-12(18-21-19-13)14(20)17-10-9-16-8-4-7-11-5-2-1-3-6-11/h1-7,16H,8-10H2,(H2,15,19)(H,17,20). The van der Waals surface area contributed by atoms with Gasteiger partial charge in [-0.1, -0.05) is 42.5 Å². The van der Waals surface area contributed by atoms with E-state index in [0.29, 0.717) is 13.1 Å². The van der Waals surface area contributed by atoms with Crippen molar-refractivity contribution in [3.8, 4) is 0 Å². The third-order valence-corrected chi connectivity index (χ3v) is 2.69. The molecule has 7 heteroatoms. The third kappa shape index (κ3) is 4.73. The van der Waals surface area contributed by atoms with E-state index in [4.69, 9.17) is 5.73 Å². The van der Waals surface area contributed by atoms with E-state index in [0.717, 1.165) is 12.1 Å². The van der Waals surface area contributed by atoms with Crippen LogP contribution in [0.15, 0.2) is 41.0 Å². The Kier molecular flexibility index (Phi) is 5.48. The van der Waals surface area contributed by atoms with E-state index < -0.39 is 5.91 Å². The summed E-state index contributed by atoms with van der Waals surface area (Å²) in [5.74, 6) is -0.401. The lowest BCUT2D eigenvalue weighted by Gasteiger charge is -2.03. The molecule has 0 aliphatic rings. The van der Waals surface area contributed by atoms with Crippen LogP contribution in [0.3, 0.4) is 0 Å². The first-order valence-electron chi connectivity index (χ1n) is 6.56. The summed E-state index contributed by atoms with van der Waals surface area (Å²) in [5.41, 5.74) is 6.58. The number of rotatable bonds is 7. The van der Waals surface area contributed by atoms with Crippen LogP contribution in [-0.2, 0) is 0 Å². The average molecular weight is 287 g/mol. The van der Waals surface area contributed by atoms with Crippen LogP contribution in [-0.4, -0.2) is 35.9 Å². The molecule has 1 aromatic heterocycles. The molecule has 4 N–H and O–H groups in total. The highest BCUT2D eigenvalue weighted by Crippen LogP contribution is 2.02. The van der Waals surface area contributed by atoms with E-state index in [1.54, 1.807) is 0 Å². The molecule has 0 bridgehead atoms. The fourth-order valence-electron chi connectivity index (χ4n) is 1.65. The van der Waals surface area contributed by atoms with Crippen molar-refractivity contribution < 1.29 is 9.42 Å². The van der Waals surface area contributed by atoms with Crippen molar-refractivity contribution in [1.82, 2.24) is 20.9 Å². The number of nitrogens with one attached hydrogen (secondary N) is 2. The lowest BCUT2D eigenvalue weighted by molar-refractivity contribution is 0.0945. The van der Waals surface area contributed by atoms with E-state index in [-0.39, 0.29) is 11.5 Å². The summed E-state index contributed by atoms with van der Waals surface area (Å²) in [7, 11) is 0. The molecule has 1 aromatic carbocycles. The van der Waals surface area contributed by atoms with Gasteiger partial charge in [-0.3, -0.25) is 4.79 Å². The number of amides is 1. The van der Waals surface area contributed by atoms with Crippen molar-refractivity contribution in [3.63, 3.8) is 0 Å². The van der Waals surface area contributed by atoms with Gasteiger partial charge in [0.05, 0.1) is 0 Å². The molecule has 0 saturated carbocycles. The summed E-state index contributed by atoms with van der Waals surface area (Å²) in [4.78, 5) is 11.6. The van der Waals surface area contributed by atoms with Gasteiger partial charge in [0.15, 0.2) is 0 Å². The molecule has 0 radical (unpaired) electrons. The molecule has 0 unspecified atom stereocenters. The Bertz CT molecular complexity index is 594. The number of anilines is 1. The van der Waals surface area contributed by atoms with Gasteiger partial charge in [0.2, 0.25) is 11.5 Å². The Morgan fingerprint density at radius 2 is 2.05 bits per heavy atom. The first-order chi connectivity index (χ1) is 10.3.